The molecule has 0 atom stereocenters. The molecule has 2 aromatic carbocycles. The number of aromatic carboxylic acids is 1. The highest BCUT2D eigenvalue weighted by molar-refractivity contribution is 5.89. The molecule has 0 aliphatic heterocycles. The van der Waals surface area contributed by atoms with Gasteiger partial charge in [-0.15, -0.1) is 0 Å². The molecule has 3 aromatic rings. The van der Waals surface area contributed by atoms with Crippen molar-refractivity contribution in [2.45, 2.75) is 13.5 Å². The molecule has 120 valence electrons. The molecule has 0 unspecified atom stereocenters. The molecule has 0 aliphatic carbocycles. The lowest BCUT2D eigenvalue weighted by molar-refractivity contribution is 0.0693. The zero-order valence-corrected chi connectivity index (χ0v) is 13.3. The first-order chi connectivity index (χ1) is 11.6. The Hall–Kier alpha value is -3.14. The topological polar surface area (TPSA) is 59.3 Å². The van der Waals surface area contributed by atoms with Gasteiger partial charge in [0.1, 0.15) is 5.56 Å². The van der Waals surface area contributed by atoms with Gasteiger partial charge in [-0.2, -0.15) is 0 Å². The first-order valence-corrected chi connectivity index (χ1v) is 7.65. The van der Waals surface area contributed by atoms with E-state index >= 15 is 0 Å². The van der Waals surface area contributed by atoms with E-state index in [4.69, 9.17) is 0 Å². The van der Waals surface area contributed by atoms with E-state index in [1.807, 2.05) is 60.7 Å². The lowest BCUT2D eigenvalue weighted by Gasteiger charge is -2.16. The normalized spacial score (nSPS) is 10.5. The first kappa shape index (κ1) is 15.7. The van der Waals surface area contributed by atoms with Gasteiger partial charge in [0.25, 0.3) is 5.56 Å². The monoisotopic (exact) mass is 319 g/mol. The number of aromatic nitrogens is 1. The van der Waals surface area contributed by atoms with E-state index < -0.39 is 11.5 Å². The summed E-state index contributed by atoms with van der Waals surface area (Å²) < 4.78 is 1.53. The van der Waals surface area contributed by atoms with Crippen LogP contribution in [0.25, 0.3) is 11.3 Å². The number of hydrogen-bond acceptors (Lipinski definition) is 2. The van der Waals surface area contributed by atoms with Crippen LogP contribution in [0.5, 0.6) is 0 Å². The molecule has 0 aliphatic rings. The summed E-state index contributed by atoms with van der Waals surface area (Å²) in [6.07, 6.45) is 0. The summed E-state index contributed by atoms with van der Waals surface area (Å²) in [6, 6.07) is 20.8. The predicted molar refractivity (Wildman–Crippen MR) is 93.4 cm³/mol. The van der Waals surface area contributed by atoms with Crippen molar-refractivity contribution in [3.63, 3.8) is 0 Å². The van der Waals surface area contributed by atoms with Crippen molar-refractivity contribution in [1.29, 1.82) is 0 Å². The molecule has 1 aromatic heterocycles. The summed E-state index contributed by atoms with van der Waals surface area (Å²) in [5, 5.41) is 9.39. The van der Waals surface area contributed by atoms with Crippen LogP contribution in [0.4, 0.5) is 0 Å². The Morgan fingerprint density at radius 1 is 1.00 bits per heavy atom. The second kappa shape index (κ2) is 6.54. The molecule has 0 spiro atoms. The van der Waals surface area contributed by atoms with Gasteiger partial charge in [-0.3, -0.25) is 4.79 Å². The van der Waals surface area contributed by atoms with Crippen LogP contribution in [0.15, 0.2) is 71.5 Å². The van der Waals surface area contributed by atoms with Crippen LogP contribution in [0.3, 0.4) is 0 Å². The minimum absolute atomic E-state index is 0.175. The molecule has 4 heteroatoms. The smallest absolute Gasteiger partial charge is 0.341 e. The van der Waals surface area contributed by atoms with Gasteiger partial charge in [-0.1, -0.05) is 60.7 Å². The fourth-order valence-electron chi connectivity index (χ4n) is 2.80. The number of carbonyl (C=O) groups is 1. The summed E-state index contributed by atoms with van der Waals surface area (Å²) >= 11 is 0. The number of pyridine rings is 1. The Kier molecular flexibility index (Phi) is 4.29. The van der Waals surface area contributed by atoms with Crippen LogP contribution in [-0.2, 0) is 6.54 Å². The van der Waals surface area contributed by atoms with Crippen molar-refractivity contribution < 1.29 is 9.90 Å². The van der Waals surface area contributed by atoms with Crippen LogP contribution in [0.2, 0.25) is 0 Å². The third-order valence-corrected chi connectivity index (χ3v) is 3.96. The molecule has 24 heavy (non-hydrogen) atoms. The number of carboxylic acid groups (broad SMARTS) is 1. The fourth-order valence-corrected chi connectivity index (χ4v) is 2.80. The fraction of sp³-hybridized carbons (Fsp3) is 0.100. The van der Waals surface area contributed by atoms with Gasteiger partial charge >= 0.3 is 5.97 Å². The summed E-state index contributed by atoms with van der Waals surface area (Å²) in [4.78, 5) is 24.3. The largest absolute Gasteiger partial charge is 0.477 e. The minimum Gasteiger partial charge on any atom is -0.477 e. The quantitative estimate of drug-likeness (QED) is 0.800. The maximum Gasteiger partial charge on any atom is 0.341 e. The third-order valence-electron chi connectivity index (χ3n) is 3.96. The summed E-state index contributed by atoms with van der Waals surface area (Å²) in [6.45, 7) is 1.98. The number of hydrogen-bond donors (Lipinski definition) is 1. The van der Waals surface area contributed by atoms with Gasteiger partial charge in [-0.25, -0.2) is 4.79 Å². The number of aryl methyl sites for hydroxylation is 1. The number of nitrogens with zero attached hydrogens (tertiary/aromatic N) is 1. The minimum atomic E-state index is -1.20. The maximum absolute atomic E-state index is 12.8. The molecule has 1 heterocycles. The number of carboxylic acids is 1. The van der Waals surface area contributed by atoms with Crippen molar-refractivity contribution in [3.05, 3.63) is 93.8 Å². The molecule has 1 N–H and O–H groups in total. The Balaban J connectivity index is 2.25. The third kappa shape index (κ3) is 2.99. The van der Waals surface area contributed by atoms with Gasteiger partial charge < -0.3 is 9.67 Å². The summed E-state index contributed by atoms with van der Waals surface area (Å²) in [5.74, 6) is -1.20. The van der Waals surface area contributed by atoms with Crippen molar-refractivity contribution >= 4 is 5.97 Å². The van der Waals surface area contributed by atoms with Crippen molar-refractivity contribution in [2.24, 2.45) is 0 Å². The van der Waals surface area contributed by atoms with Gasteiger partial charge in [0.15, 0.2) is 0 Å². The van der Waals surface area contributed by atoms with Gasteiger partial charge in [-0.05, 0) is 29.7 Å². The van der Waals surface area contributed by atoms with Gasteiger partial charge in [0.05, 0.1) is 12.2 Å². The van der Waals surface area contributed by atoms with E-state index in [0.717, 1.165) is 11.1 Å². The number of rotatable bonds is 4. The van der Waals surface area contributed by atoms with Gasteiger partial charge in [0.2, 0.25) is 0 Å². The van der Waals surface area contributed by atoms with E-state index in [1.165, 1.54) is 4.57 Å². The Morgan fingerprint density at radius 2 is 1.58 bits per heavy atom. The Morgan fingerprint density at radius 3 is 2.17 bits per heavy atom. The van der Waals surface area contributed by atoms with Crippen molar-refractivity contribution in [1.82, 2.24) is 4.57 Å². The van der Waals surface area contributed by atoms with Crippen LogP contribution in [0.1, 0.15) is 21.5 Å². The first-order valence-electron chi connectivity index (χ1n) is 7.65. The van der Waals surface area contributed by atoms with Crippen LogP contribution in [0, 0.1) is 6.92 Å². The van der Waals surface area contributed by atoms with E-state index in [-0.39, 0.29) is 5.56 Å². The molecule has 0 saturated heterocycles. The lowest BCUT2D eigenvalue weighted by atomic mass is 10.0. The average Bonchev–Trinajstić information content (AvgIpc) is 2.58. The van der Waals surface area contributed by atoms with E-state index in [0.29, 0.717) is 17.8 Å². The standard InChI is InChI=1S/C20H17NO3/c1-14-12-17(16-10-6-3-7-11-16)21(19(22)18(14)20(23)24)13-15-8-4-2-5-9-15/h2-12H,13H2,1H3,(H,23,24). The van der Waals surface area contributed by atoms with Crippen molar-refractivity contribution in [3.8, 4) is 11.3 Å². The molecule has 0 fully saturated rings. The van der Waals surface area contributed by atoms with Gasteiger partial charge in [0, 0.05) is 0 Å². The molecular weight excluding hydrogens is 302 g/mol. The molecule has 3 rings (SSSR count). The van der Waals surface area contributed by atoms with Crippen LogP contribution < -0.4 is 5.56 Å². The lowest BCUT2D eigenvalue weighted by Crippen LogP contribution is -2.29. The molecule has 0 bridgehead atoms. The second-order valence-corrected chi connectivity index (χ2v) is 5.64. The van der Waals surface area contributed by atoms with Crippen LogP contribution in [-0.4, -0.2) is 15.6 Å². The molecular formula is C20H17NO3. The zero-order valence-electron chi connectivity index (χ0n) is 13.3. The van der Waals surface area contributed by atoms with E-state index in [1.54, 1.807) is 13.0 Å². The van der Waals surface area contributed by atoms with Crippen LogP contribution >= 0.6 is 0 Å². The highest BCUT2D eigenvalue weighted by Gasteiger charge is 2.18. The van der Waals surface area contributed by atoms with E-state index in [2.05, 4.69) is 0 Å². The maximum atomic E-state index is 12.8. The molecule has 0 amide bonds. The second-order valence-electron chi connectivity index (χ2n) is 5.64. The predicted octanol–water partition coefficient (Wildman–Crippen LogP) is 3.57. The highest BCUT2D eigenvalue weighted by Crippen LogP contribution is 2.21. The number of benzene rings is 2. The molecule has 0 saturated carbocycles. The summed E-state index contributed by atoms with van der Waals surface area (Å²) in [5.41, 5.74) is 2.35. The average molecular weight is 319 g/mol. The Labute approximate surface area is 139 Å². The molecule has 4 nitrogen and oxygen atoms in total. The SMILES string of the molecule is Cc1cc(-c2ccccc2)n(Cc2ccccc2)c(=O)c1C(=O)O. The Bertz CT molecular complexity index is 928. The summed E-state index contributed by atoms with van der Waals surface area (Å²) in [7, 11) is 0. The van der Waals surface area contributed by atoms with E-state index in [9.17, 15) is 14.7 Å². The molecule has 0 radical (unpaired) electrons. The highest BCUT2D eigenvalue weighted by atomic mass is 16.4. The van der Waals surface area contributed by atoms with Crippen molar-refractivity contribution in [2.75, 3.05) is 0 Å². The zero-order chi connectivity index (χ0) is 17.1.